The van der Waals surface area contributed by atoms with E-state index in [1.807, 2.05) is 54.0 Å². The van der Waals surface area contributed by atoms with Crippen molar-refractivity contribution >= 4 is 22.7 Å². The minimum atomic E-state index is 0.0107. The zero-order valence-corrected chi connectivity index (χ0v) is 17.7. The average Bonchev–Trinajstić information content (AvgIpc) is 3.27. The number of hydrogen-bond acceptors (Lipinski definition) is 5. The molecule has 0 N–H and O–H groups in total. The van der Waals surface area contributed by atoms with Crippen molar-refractivity contribution in [3.63, 3.8) is 0 Å². The number of ether oxygens (including phenoxy) is 2. The fourth-order valence-corrected chi connectivity index (χ4v) is 4.08. The van der Waals surface area contributed by atoms with Gasteiger partial charge in [-0.3, -0.25) is 14.6 Å². The van der Waals surface area contributed by atoms with Gasteiger partial charge in [0, 0.05) is 43.2 Å². The molecule has 7 heteroatoms. The van der Waals surface area contributed by atoms with Crippen molar-refractivity contribution in [3.05, 3.63) is 41.6 Å². The number of carbonyl (C=O) groups excluding carboxylic acids is 2. The van der Waals surface area contributed by atoms with Crippen LogP contribution in [0.1, 0.15) is 42.2 Å². The smallest absolute Gasteiger partial charge is 0.254 e. The molecule has 2 aromatic rings. The number of para-hydroxylation sites is 1. The van der Waals surface area contributed by atoms with E-state index in [0.717, 1.165) is 23.0 Å². The minimum Gasteiger partial charge on any atom is -0.378 e. The second-order valence-corrected chi connectivity index (χ2v) is 8.20. The lowest BCUT2D eigenvalue weighted by Crippen LogP contribution is -2.40. The van der Waals surface area contributed by atoms with Gasteiger partial charge in [-0.15, -0.1) is 0 Å². The van der Waals surface area contributed by atoms with Gasteiger partial charge in [-0.25, -0.2) is 0 Å². The molecule has 30 heavy (non-hydrogen) atoms. The Balaban J connectivity index is 1.58. The molecule has 1 aromatic heterocycles. The van der Waals surface area contributed by atoms with Crippen LogP contribution in [0.2, 0.25) is 0 Å². The molecule has 2 aliphatic heterocycles. The molecule has 0 saturated carbocycles. The summed E-state index contributed by atoms with van der Waals surface area (Å²) < 4.78 is 10.9. The number of benzene rings is 1. The molecule has 3 heterocycles. The van der Waals surface area contributed by atoms with Crippen LogP contribution >= 0.6 is 0 Å². The SMILES string of the molecule is CC(C)OCC(=O)N1CC[C@H](c2cc(C(=O)N3CCOCC3)c3ccccc3n2)C1. The molecule has 7 nitrogen and oxygen atoms in total. The van der Waals surface area contributed by atoms with Gasteiger partial charge >= 0.3 is 0 Å². The molecule has 0 unspecified atom stereocenters. The van der Waals surface area contributed by atoms with Crippen molar-refractivity contribution in [3.8, 4) is 0 Å². The first-order valence-corrected chi connectivity index (χ1v) is 10.7. The summed E-state index contributed by atoms with van der Waals surface area (Å²) in [4.78, 5) is 34.2. The zero-order valence-electron chi connectivity index (χ0n) is 17.7. The number of carbonyl (C=O) groups is 2. The third-order valence-electron chi connectivity index (χ3n) is 5.76. The Morgan fingerprint density at radius 2 is 1.93 bits per heavy atom. The van der Waals surface area contributed by atoms with Gasteiger partial charge in [0.25, 0.3) is 5.91 Å². The number of fused-ring (bicyclic) bond motifs is 1. The standard InChI is InChI=1S/C23H29N3O4/c1-16(2)30-15-22(27)26-8-7-17(14-26)21-13-19(18-5-3-4-6-20(18)24-21)23(28)25-9-11-29-12-10-25/h3-6,13,16-17H,7-12,14-15H2,1-2H3/t17-/m0/s1. The summed E-state index contributed by atoms with van der Waals surface area (Å²) in [6, 6.07) is 9.71. The third kappa shape index (κ3) is 4.47. The number of amides is 2. The van der Waals surface area contributed by atoms with Crippen molar-refractivity contribution in [2.75, 3.05) is 46.0 Å². The van der Waals surface area contributed by atoms with Crippen LogP contribution in [0.3, 0.4) is 0 Å². The van der Waals surface area contributed by atoms with E-state index in [4.69, 9.17) is 14.5 Å². The second kappa shape index (κ2) is 9.10. The van der Waals surface area contributed by atoms with Gasteiger partial charge in [-0.2, -0.15) is 0 Å². The largest absolute Gasteiger partial charge is 0.378 e. The topological polar surface area (TPSA) is 72.0 Å². The highest BCUT2D eigenvalue weighted by Crippen LogP contribution is 2.30. The maximum Gasteiger partial charge on any atom is 0.254 e. The van der Waals surface area contributed by atoms with Crippen LogP contribution in [0.15, 0.2) is 30.3 Å². The van der Waals surface area contributed by atoms with E-state index in [0.29, 0.717) is 45.0 Å². The summed E-state index contributed by atoms with van der Waals surface area (Å²) in [7, 11) is 0. The second-order valence-electron chi connectivity index (χ2n) is 8.20. The molecule has 0 bridgehead atoms. The fraction of sp³-hybridized carbons (Fsp3) is 0.522. The van der Waals surface area contributed by atoms with Crippen molar-refractivity contribution in [1.29, 1.82) is 0 Å². The first kappa shape index (κ1) is 20.8. The minimum absolute atomic E-state index is 0.0107. The number of pyridine rings is 1. The summed E-state index contributed by atoms with van der Waals surface area (Å²) >= 11 is 0. The van der Waals surface area contributed by atoms with Gasteiger partial charge in [-0.1, -0.05) is 18.2 Å². The molecule has 2 saturated heterocycles. The maximum absolute atomic E-state index is 13.3. The molecule has 0 spiro atoms. The van der Waals surface area contributed by atoms with Gasteiger partial charge < -0.3 is 19.3 Å². The van der Waals surface area contributed by atoms with Crippen LogP contribution in [0.4, 0.5) is 0 Å². The Kier molecular flexibility index (Phi) is 6.29. The fourth-order valence-electron chi connectivity index (χ4n) is 4.08. The van der Waals surface area contributed by atoms with E-state index in [1.54, 1.807) is 0 Å². The van der Waals surface area contributed by atoms with Crippen LogP contribution in [0.5, 0.6) is 0 Å². The van der Waals surface area contributed by atoms with E-state index < -0.39 is 0 Å². The number of hydrogen-bond donors (Lipinski definition) is 0. The Bertz CT molecular complexity index is 924. The lowest BCUT2D eigenvalue weighted by Gasteiger charge is -2.27. The summed E-state index contributed by atoms with van der Waals surface area (Å²) in [5, 5.41) is 0.869. The van der Waals surface area contributed by atoms with E-state index >= 15 is 0 Å². The van der Waals surface area contributed by atoms with Crippen LogP contribution in [0, 0.1) is 0 Å². The molecule has 4 rings (SSSR count). The van der Waals surface area contributed by atoms with Crippen LogP contribution in [-0.4, -0.2) is 78.7 Å². The highest BCUT2D eigenvalue weighted by Gasteiger charge is 2.30. The van der Waals surface area contributed by atoms with Gasteiger partial charge in [0.1, 0.15) is 6.61 Å². The Hall–Kier alpha value is -2.51. The van der Waals surface area contributed by atoms with E-state index in [-0.39, 0.29) is 30.4 Å². The van der Waals surface area contributed by atoms with E-state index in [9.17, 15) is 9.59 Å². The lowest BCUT2D eigenvalue weighted by atomic mass is 9.99. The van der Waals surface area contributed by atoms with Gasteiger partial charge in [0.2, 0.25) is 5.91 Å². The maximum atomic E-state index is 13.3. The normalized spacial score (nSPS) is 19.6. The quantitative estimate of drug-likeness (QED) is 0.756. The van der Waals surface area contributed by atoms with Crippen molar-refractivity contribution < 1.29 is 19.1 Å². The van der Waals surface area contributed by atoms with Crippen LogP contribution in [0.25, 0.3) is 10.9 Å². The predicted molar refractivity (Wildman–Crippen MR) is 113 cm³/mol. The first-order valence-electron chi connectivity index (χ1n) is 10.7. The summed E-state index contributed by atoms with van der Waals surface area (Å²) in [5.74, 6) is 0.153. The lowest BCUT2D eigenvalue weighted by molar-refractivity contribution is -0.136. The average molecular weight is 412 g/mol. The summed E-state index contributed by atoms with van der Waals surface area (Å²) in [5.41, 5.74) is 2.38. The van der Waals surface area contributed by atoms with Crippen molar-refractivity contribution in [2.24, 2.45) is 0 Å². The highest BCUT2D eigenvalue weighted by molar-refractivity contribution is 6.06. The molecule has 1 aromatic carbocycles. The molecule has 2 fully saturated rings. The van der Waals surface area contributed by atoms with Crippen molar-refractivity contribution in [1.82, 2.24) is 14.8 Å². The summed E-state index contributed by atoms with van der Waals surface area (Å²) in [6.45, 7) is 7.59. The highest BCUT2D eigenvalue weighted by atomic mass is 16.5. The number of morpholine rings is 1. The Labute approximate surface area is 177 Å². The van der Waals surface area contributed by atoms with Gasteiger partial charge in [0.05, 0.1) is 30.4 Å². The Morgan fingerprint density at radius 1 is 1.17 bits per heavy atom. The molecular weight excluding hydrogens is 382 g/mol. The first-order chi connectivity index (χ1) is 14.5. The van der Waals surface area contributed by atoms with Crippen molar-refractivity contribution in [2.45, 2.75) is 32.3 Å². The number of nitrogens with zero attached hydrogens (tertiary/aromatic N) is 3. The van der Waals surface area contributed by atoms with E-state index in [1.165, 1.54) is 0 Å². The van der Waals surface area contributed by atoms with Gasteiger partial charge in [-0.05, 0) is 32.4 Å². The number of aromatic nitrogens is 1. The molecular formula is C23H29N3O4. The van der Waals surface area contributed by atoms with E-state index in [2.05, 4.69) is 0 Å². The number of likely N-dealkylation sites (tertiary alicyclic amines) is 1. The van der Waals surface area contributed by atoms with Crippen LogP contribution in [-0.2, 0) is 14.3 Å². The Morgan fingerprint density at radius 3 is 2.70 bits per heavy atom. The van der Waals surface area contributed by atoms with Crippen LogP contribution < -0.4 is 0 Å². The molecule has 160 valence electrons. The monoisotopic (exact) mass is 411 g/mol. The number of rotatable bonds is 5. The van der Waals surface area contributed by atoms with Gasteiger partial charge in [0.15, 0.2) is 0 Å². The predicted octanol–water partition coefficient (Wildman–Crippen LogP) is 2.45. The molecule has 2 amide bonds. The molecule has 2 aliphatic rings. The zero-order chi connectivity index (χ0) is 21.1. The molecule has 0 radical (unpaired) electrons. The molecule has 1 atom stereocenters. The summed E-state index contributed by atoms with van der Waals surface area (Å²) in [6.07, 6.45) is 0.868. The third-order valence-corrected chi connectivity index (χ3v) is 5.76. The molecule has 0 aliphatic carbocycles.